The zero-order valence-corrected chi connectivity index (χ0v) is 11.7. The van der Waals surface area contributed by atoms with Crippen LogP contribution in [0.5, 0.6) is 0 Å². The minimum atomic E-state index is -0.266. The van der Waals surface area contributed by atoms with E-state index >= 15 is 0 Å². The number of rotatable bonds is 3. The highest BCUT2D eigenvalue weighted by Gasteiger charge is 2.18. The van der Waals surface area contributed by atoms with Crippen LogP contribution in [0.25, 0.3) is 0 Å². The van der Waals surface area contributed by atoms with Crippen LogP contribution in [0.1, 0.15) is 50.2 Å². The van der Waals surface area contributed by atoms with Gasteiger partial charge in [0.05, 0.1) is 6.10 Å². The van der Waals surface area contributed by atoms with E-state index in [0.717, 1.165) is 17.9 Å². The highest BCUT2D eigenvalue weighted by atomic mass is 127. The summed E-state index contributed by atoms with van der Waals surface area (Å²) in [6, 6.07) is 8.22. The van der Waals surface area contributed by atoms with E-state index < -0.39 is 0 Å². The van der Waals surface area contributed by atoms with Crippen molar-refractivity contribution in [1.29, 1.82) is 0 Å². The maximum absolute atomic E-state index is 10.2. The summed E-state index contributed by atoms with van der Waals surface area (Å²) in [5.74, 6) is 0.738. The maximum Gasteiger partial charge on any atom is 0.0793 e. The van der Waals surface area contributed by atoms with Gasteiger partial charge in [-0.15, -0.1) is 0 Å². The molecule has 0 aliphatic heterocycles. The van der Waals surface area contributed by atoms with E-state index in [4.69, 9.17) is 0 Å². The van der Waals surface area contributed by atoms with E-state index in [9.17, 15) is 5.11 Å². The summed E-state index contributed by atoms with van der Waals surface area (Å²) < 4.78 is 1.21. The normalized spacial score (nSPS) is 19.6. The van der Waals surface area contributed by atoms with Gasteiger partial charge in [0.1, 0.15) is 0 Å². The first-order chi connectivity index (χ1) is 7.75. The molecule has 1 aliphatic carbocycles. The van der Waals surface area contributed by atoms with E-state index in [1.54, 1.807) is 0 Å². The Morgan fingerprint density at radius 1 is 1.25 bits per heavy atom. The molecular formula is C14H19IO. The van der Waals surface area contributed by atoms with Crippen molar-refractivity contribution < 1.29 is 5.11 Å². The highest BCUT2D eigenvalue weighted by molar-refractivity contribution is 14.1. The Kier molecular flexibility index (Phi) is 4.65. The van der Waals surface area contributed by atoms with E-state index in [1.165, 1.54) is 35.7 Å². The molecule has 1 aliphatic rings. The van der Waals surface area contributed by atoms with Crippen molar-refractivity contribution in [3.05, 3.63) is 33.4 Å². The van der Waals surface area contributed by atoms with Gasteiger partial charge < -0.3 is 5.11 Å². The fourth-order valence-corrected chi connectivity index (χ4v) is 3.16. The minimum Gasteiger partial charge on any atom is -0.388 e. The van der Waals surface area contributed by atoms with Crippen LogP contribution in [0.3, 0.4) is 0 Å². The van der Waals surface area contributed by atoms with Crippen molar-refractivity contribution in [3.63, 3.8) is 0 Å². The molecule has 1 unspecified atom stereocenters. The molecule has 1 nitrogen and oxygen atoms in total. The molecule has 0 aromatic heterocycles. The minimum absolute atomic E-state index is 0.266. The number of hydrogen-bond donors (Lipinski definition) is 1. The molecule has 1 aromatic carbocycles. The van der Waals surface area contributed by atoms with E-state index in [-0.39, 0.29) is 6.10 Å². The first kappa shape index (κ1) is 12.4. The SMILES string of the molecule is OC(CC1CCCCC1)c1cccc(I)c1. The summed E-state index contributed by atoms with van der Waals surface area (Å²) in [4.78, 5) is 0. The fourth-order valence-electron chi connectivity index (χ4n) is 2.59. The lowest BCUT2D eigenvalue weighted by Gasteiger charge is -2.24. The molecule has 1 fully saturated rings. The molecule has 0 heterocycles. The van der Waals surface area contributed by atoms with Gasteiger partial charge in [0.15, 0.2) is 0 Å². The molecule has 1 aromatic rings. The molecule has 0 spiro atoms. The van der Waals surface area contributed by atoms with E-state index in [0.29, 0.717) is 0 Å². The van der Waals surface area contributed by atoms with Crippen molar-refractivity contribution in [3.8, 4) is 0 Å². The molecule has 0 saturated heterocycles. The maximum atomic E-state index is 10.2. The largest absolute Gasteiger partial charge is 0.388 e. The molecule has 0 amide bonds. The number of aliphatic hydroxyl groups excluding tert-OH is 1. The van der Waals surface area contributed by atoms with Gasteiger partial charge in [-0.05, 0) is 52.6 Å². The first-order valence-electron chi connectivity index (χ1n) is 6.19. The lowest BCUT2D eigenvalue weighted by molar-refractivity contribution is 0.131. The molecule has 0 radical (unpaired) electrons. The van der Waals surface area contributed by atoms with Crippen LogP contribution in [-0.4, -0.2) is 5.11 Å². The Labute approximate surface area is 111 Å². The van der Waals surface area contributed by atoms with Crippen LogP contribution in [0.15, 0.2) is 24.3 Å². The van der Waals surface area contributed by atoms with Crippen molar-refractivity contribution >= 4 is 22.6 Å². The quantitative estimate of drug-likeness (QED) is 0.820. The Bertz CT molecular complexity index is 331. The van der Waals surface area contributed by atoms with Gasteiger partial charge in [0, 0.05) is 3.57 Å². The summed E-state index contributed by atoms with van der Waals surface area (Å²) in [5, 5.41) is 10.2. The predicted molar refractivity (Wildman–Crippen MR) is 75.3 cm³/mol. The third-order valence-electron chi connectivity index (χ3n) is 3.51. The average Bonchev–Trinajstić information content (AvgIpc) is 2.30. The van der Waals surface area contributed by atoms with Gasteiger partial charge in [-0.3, -0.25) is 0 Å². The smallest absolute Gasteiger partial charge is 0.0793 e. The lowest BCUT2D eigenvalue weighted by atomic mass is 9.84. The molecule has 88 valence electrons. The topological polar surface area (TPSA) is 20.2 Å². The Morgan fingerprint density at radius 2 is 2.00 bits per heavy atom. The summed E-state index contributed by atoms with van der Waals surface area (Å²) in [5.41, 5.74) is 1.08. The molecule has 1 atom stereocenters. The number of halogens is 1. The number of hydrogen-bond acceptors (Lipinski definition) is 1. The molecule has 1 N–H and O–H groups in total. The van der Waals surface area contributed by atoms with Gasteiger partial charge in [-0.25, -0.2) is 0 Å². The Morgan fingerprint density at radius 3 is 2.69 bits per heavy atom. The molecule has 2 heteroatoms. The van der Waals surface area contributed by atoms with E-state index in [2.05, 4.69) is 34.7 Å². The van der Waals surface area contributed by atoms with Crippen molar-refractivity contribution in [2.24, 2.45) is 5.92 Å². The average molecular weight is 330 g/mol. The van der Waals surface area contributed by atoms with E-state index in [1.807, 2.05) is 12.1 Å². The van der Waals surface area contributed by atoms with Gasteiger partial charge in [-0.1, -0.05) is 44.2 Å². The molecular weight excluding hydrogens is 311 g/mol. The second-order valence-electron chi connectivity index (χ2n) is 4.81. The Balaban J connectivity index is 1.94. The highest BCUT2D eigenvalue weighted by Crippen LogP contribution is 2.31. The third-order valence-corrected chi connectivity index (χ3v) is 4.19. The van der Waals surface area contributed by atoms with Crippen molar-refractivity contribution in [1.82, 2.24) is 0 Å². The van der Waals surface area contributed by atoms with Crippen molar-refractivity contribution in [2.45, 2.75) is 44.6 Å². The van der Waals surface area contributed by atoms with Crippen molar-refractivity contribution in [2.75, 3.05) is 0 Å². The number of benzene rings is 1. The molecule has 2 rings (SSSR count). The summed E-state index contributed by atoms with van der Waals surface area (Å²) >= 11 is 2.30. The molecule has 0 bridgehead atoms. The van der Waals surface area contributed by atoms with Crippen LogP contribution in [-0.2, 0) is 0 Å². The van der Waals surface area contributed by atoms with Gasteiger partial charge >= 0.3 is 0 Å². The predicted octanol–water partition coefficient (Wildman–Crippen LogP) is 4.30. The summed E-state index contributed by atoms with van der Waals surface area (Å²) in [7, 11) is 0. The summed E-state index contributed by atoms with van der Waals surface area (Å²) in [6.45, 7) is 0. The second kappa shape index (κ2) is 6.01. The van der Waals surface area contributed by atoms with Crippen LogP contribution < -0.4 is 0 Å². The second-order valence-corrected chi connectivity index (χ2v) is 6.06. The fraction of sp³-hybridized carbons (Fsp3) is 0.571. The van der Waals surface area contributed by atoms with Crippen LogP contribution in [0.2, 0.25) is 0 Å². The standard InChI is InChI=1S/C14H19IO/c15-13-8-4-7-12(10-13)14(16)9-11-5-2-1-3-6-11/h4,7-8,10-11,14,16H,1-3,5-6,9H2. The van der Waals surface area contributed by atoms with Gasteiger partial charge in [0.2, 0.25) is 0 Å². The zero-order valence-electron chi connectivity index (χ0n) is 9.53. The van der Waals surface area contributed by atoms with Gasteiger partial charge in [-0.2, -0.15) is 0 Å². The Hall–Kier alpha value is -0.0900. The monoisotopic (exact) mass is 330 g/mol. The lowest BCUT2D eigenvalue weighted by Crippen LogP contribution is -2.11. The van der Waals surface area contributed by atoms with Gasteiger partial charge in [0.25, 0.3) is 0 Å². The van der Waals surface area contributed by atoms with Crippen LogP contribution >= 0.6 is 22.6 Å². The molecule has 1 saturated carbocycles. The van der Waals surface area contributed by atoms with Crippen LogP contribution in [0, 0.1) is 9.49 Å². The molecule has 16 heavy (non-hydrogen) atoms. The van der Waals surface area contributed by atoms with Crippen LogP contribution in [0.4, 0.5) is 0 Å². The summed E-state index contributed by atoms with van der Waals surface area (Å²) in [6.07, 6.45) is 7.38. The third kappa shape index (κ3) is 3.45. The number of aliphatic hydroxyl groups is 1. The first-order valence-corrected chi connectivity index (χ1v) is 7.27. The zero-order chi connectivity index (χ0) is 11.4.